The standard InChI is InChI=1S/C38H40N2O18/c1-10-4-16-23(30(49)20(10)36(53)40-8-19(43)44)22-14(7-15-24(31(22)50)27(46)13-5-12(54-3)6-17(41)21(13)26(15)45)28(47)34(16)57-38-33(52)35(25(39)11(2)56-38)58-37-32(51)29(48)18(42)9-55-37/h4-7,11,18,25,28-29,32-35,37-38,41-42,47-52H,8-9,39H2,1-3H3,(H,40,53)(H,43,44)/t11-,18+,25-,28+,29+,32+,33+,34-,35-,37+,38-/m0/s1. The first-order valence-electron chi connectivity index (χ1n) is 17.9. The molecule has 4 aliphatic rings. The number of aromatic hydroxyl groups is 3. The molecule has 3 aromatic carbocycles. The summed E-state index contributed by atoms with van der Waals surface area (Å²) in [7, 11) is 1.26. The monoisotopic (exact) mass is 812 g/mol. The van der Waals surface area contributed by atoms with Crippen molar-refractivity contribution in [2.75, 3.05) is 20.3 Å². The highest BCUT2D eigenvalue weighted by Crippen LogP contribution is 2.57. The van der Waals surface area contributed by atoms with Crippen LogP contribution in [-0.4, -0.2) is 145 Å². The Morgan fingerprint density at radius 3 is 2.17 bits per heavy atom. The second kappa shape index (κ2) is 15.2. The molecular weight excluding hydrogens is 772 g/mol. The van der Waals surface area contributed by atoms with E-state index in [1.165, 1.54) is 33.1 Å². The molecule has 2 aliphatic carbocycles. The van der Waals surface area contributed by atoms with Crippen molar-refractivity contribution in [1.29, 1.82) is 0 Å². The van der Waals surface area contributed by atoms with Gasteiger partial charge in [0.2, 0.25) is 0 Å². The number of rotatable bonds is 8. The second-order valence-corrected chi connectivity index (χ2v) is 14.4. The van der Waals surface area contributed by atoms with Crippen molar-refractivity contribution in [1.82, 2.24) is 5.32 Å². The summed E-state index contributed by atoms with van der Waals surface area (Å²) in [5.41, 5.74) is 2.85. The number of phenolic OH excluding ortho intramolecular Hbond substituents is 3. The molecule has 7 rings (SSSR count). The van der Waals surface area contributed by atoms with E-state index in [1.807, 2.05) is 0 Å². The number of amides is 1. The normalized spacial score (nSPS) is 30.1. The summed E-state index contributed by atoms with van der Waals surface area (Å²) in [5, 5.41) is 100. The van der Waals surface area contributed by atoms with Crippen LogP contribution < -0.4 is 15.8 Å². The summed E-state index contributed by atoms with van der Waals surface area (Å²) in [6.45, 7) is 1.59. The Morgan fingerprint density at radius 2 is 1.50 bits per heavy atom. The van der Waals surface area contributed by atoms with Crippen molar-refractivity contribution in [3.05, 3.63) is 68.8 Å². The second-order valence-electron chi connectivity index (χ2n) is 14.4. The molecule has 0 unspecified atom stereocenters. The van der Waals surface area contributed by atoms with Crippen LogP contribution in [-0.2, 0) is 23.7 Å². The lowest BCUT2D eigenvalue weighted by Crippen LogP contribution is -2.64. The molecule has 12 N–H and O–H groups in total. The summed E-state index contributed by atoms with van der Waals surface area (Å²) in [6, 6.07) is 3.51. The van der Waals surface area contributed by atoms with Crippen LogP contribution >= 0.6 is 0 Å². The molecule has 0 radical (unpaired) electrons. The first-order valence-corrected chi connectivity index (χ1v) is 17.9. The van der Waals surface area contributed by atoms with Crippen LogP contribution in [0.25, 0.3) is 11.1 Å². The Hall–Kier alpha value is -5.26. The molecule has 1 amide bonds. The number of carboxylic acid groups (broad SMARTS) is 1. The average molecular weight is 813 g/mol. The predicted molar refractivity (Wildman–Crippen MR) is 191 cm³/mol. The summed E-state index contributed by atoms with van der Waals surface area (Å²) in [4.78, 5) is 52.6. The number of ether oxygens (including phenoxy) is 5. The molecule has 20 heteroatoms. The van der Waals surface area contributed by atoms with E-state index in [0.717, 1.165) is 12.1 Å². The van der Waals surface area contributed by atoms with Gasteiger partial charge in [-0.15, -0.1) is 0 Å². The predicted octanol–water partition coefficient (Wildman–Crippen LogP) is -1.26. The van der Waals surface area contributed by atoms with Crippen molar-refractivity contribution in [3.8, 4) is 34.1 Å². The molecule has 58 heavy (non-hydrogen) atoms. The number of nitrogens with one attached hydrogen (secondary N) is 1. The molecule has 2 heterocycles. The van der Waals surface area contributed by atoms with Gasteiger partial charge in [-0.2, -0.15) is 0 Å². The number of carboxylic acids is 1. The van der Waals surface area contributed by atoms with E-state index in [4.69, 9.17) is 29.4 Å². The molecule has 11 atom stereocenters. The third kappa shape index (κ3) is 6.52. The van der Waals surface area contributed by atoms with Crippen LogP contribution in [0.15, 0.2) is 24.3 Å². The van der Waals surface area contributed by atoms with Gasteiger partial charge in [0, 0.05) is 28.3 Å². The quantitative estimate of drug-likeness (QED) is 0.0989. The maximum atomic E-state index is 14.0. The van der Waals surface area contributed by atoms with E-state index in [2.05, 4.69) is 5.32 Å². The minimum absolute atomic E-state index is 0.0121. The number of aliphatic hydroxyl groups is 5. The van der Waals surface area contributed by atoms with Crippen LogP contribution in [0.4, 0.5) is 0 Å². The Labute approximate surface area is 327 Å². The van der Waals surface area contributed by atoms with Crippen LogP contribution in [0.5, 0.6) is 23.0 Å². The largest absolute Gasteiger partial charge is 0.507 e. The van der Waals surface area contributed by atoms with E-state index in [0.29, 0.717) is 0 Å². The number of carbonyl (C=O) groups is 4. The van der Waals surface area contributed by atoms with Crippen molar-refractivity contribution < 1.29 is 88.8 Å². The number of aliphatic hydroxyl groups excluding tert-OH is 5. The van der Waals surface area contributed by atoms with Crippen LogP contribution in [0.1, 0.15) is 78.0 Å². The number of ketones is 2. The minimum Gasteiger partial charge on any atom is -0.507 e. The lowest BCUT2D eigenvalue weighted by atomic mass is 9.74. The summed E-state index contributed by atoms with van der Waals surface area (Å²) in [5.74, 6) is -6.69. The van der Waals surface area contributed by atoms with Crippen LogP contribution in [0.3, 0.4) is 0 Å². The number of methoxy groups -OCH3 is 1. The van der Waals surface area contributed by atoms with Gasteiger partial charge in [0.1, 0.15) is 72.3 Å². The van der Waals surface area contributed by atoms with Gasteiger partial charge in [-0.05, 0) is 42.7 Å². The third-order valence-corrected chi connectivity index (χ3v) is 10.8. The molecule has 0 aromatic heterocycles. The van der Waals surface area contributed by atoms with Crippen molar-refractivity contribution >= 4 is 23.4 Å². The maximum absolute atomic E-state index is 14.0. The summed E-state index contributed by atoms with van der Waals surface area (Å²) >= 11 is 0. The molecule has 2 fully saturated rings. The van der Waals surface area contributed by atoms with Gasteiger partial charge in [0.05, 0.1) is 42.6 Å². The lowest BCUT2D eigenvalue weighted by Gasteiger charge is -2.46. The zero-order valence-corrected chi connectivity index (χ0v) is 30.9. The number of hydrogen-bond donors (Lipinski definition) is 11. The highest BCUT2D eigenvalue weighted by atomic mass is 16.7. The fourth-order valence-electron chi connectivity index (χ4n) is 7.84. The van der Waals surface area contributed by atoms with Gasteiger partial charge >= 0.3 is 5.97 Å². The van der Waals surface area contributed by atoms with Crippen LogP contribution in [0, 0.1) is 6.92 Å². The van der Waals surface area contributed by atoms with Gasteiger partial charge in [-0.3, -0.25) is 19.2 Å². The van der Waals surface area contributed by atoms with Gasteiger partial charge in [-0.1, -0.05) is 6.07 Å². The Bertz CT molecular complexity index is 2230. The fourth-order valence-corrected chi connectivity index (χ4v) is 7.84. The zero-order valence-electron chi connectivity index (χ0n) is 30.9. The van der Waals surface area contributed by atoms with E-state index < -0.39 is 149 Å². The highest BCUT2D eigenvalue weighted by molar-refractivity contribution is 6.31. The number of phenols is 3. The maximum Gasteiger partial charge on any atom is 0.322 e. The van der Waals surface area contributed by atoms with Crippen molar-refractivity contribution in [2.45, 2.75) is 81.3 Å². The highest BCUT2D eigenvalue weighted by Gasteiger charge is 2.50. The van der Waals surface area contributed by atoms with Gasteiger partial charge in [0.15, 0.2) is 24.1 Å². The van der Waals surface area contributed by atoms with Gasteiger partial charge in [0.25, 0.3) is 5.91 Å². The fraction of sp³-hybridized carbons (Fsp3) is 0.421. The molecule has 2 aliphatic heterocycles. The first-order chi connectivity index (χ1) is 27.4. The average Bonchev–Trinajstić information content (AvgIpc) is 3.17. The molecule has 20 nitrogen and oxygen atoms in total. The molecule has 2 saturated heterocycles. The number of hydrogen-bond acceptors (Lipinski definition) is 18. The number of aliphatic carboxylic acids is 1. The smallest absolute Gasteiger partial charge is 0.322 e. The first kappa shape index (κ1) is 40.9. The summed E-state index contributed by atoms with van der Waals surface area (Å²) in [6.07, 6.45) is -16.0. The topological polar surface area (TPSA) is 335 Å². The van der Waals surface area contributed by atoms with Gasteiger partial charge in [-0.25, -0.2) is 0 Å². The number of fused-ring (bicyclic) bond motifs is 5. The number of carbonyl (C=O) groups excluding carboxylic acids is 3. The lowest BCUT2D eigenvalue weighted by molar-refractivity contribution is -0.337. The molecule has 310 valence electrons. The number of benzene rings is 3. The van der Waals surface area contributed by atoms with Crippen LogP contribution in [0.2, 0.25) is 0 Å². The Kier molecular flexibility index (Phi) is 10.7. The minimum atomic E-state index is -1.90. The van der Waals surface area contributed by atoms with E-state index in [-0.39, 0.29) is 33.6 Å². The summed E-state index contributed by atoms with van der Waals surface area (Å²) < 4.78 is 28.4. The zero-order chi connectivity index (χ0) is 42.2. The molecule has 0 saturated carbocycles. The van der Waals surface area contributed by atoms with E-state index in [1.54, 1.807) is 0 Å². The van der Waals surface area contributed by atoms with Crippen molar-refractivity contribution in [2.24, 2.45) is 5.73 Å². The molecule has 3 aromatic rings. The van der Waals surface area contributed by atoms with Gasteiger partial charge < -0.3 is 80.7 Å². The Morgan fingerprint density at radius 1 is 0.845 bits per heavy atom. The molecular formula is C38H40N2O18. The van der Waals surface area contributed by atoms with Crippen molar-refractivity contribution in [3.63, 3.8) is 0 Å². The number of nitrogens with two attached hydrogens (primary N) is 1. The molecule has 0 spiro atoms. The number of aryl methyl sites for hydroxylation is 1. The Balaban J connectivity index is 1.36. The SMILES string of the molecule is COc1cc(O)c2c(c1)C(=O)c1c(cc3c(c1O)-c1c(cc(C)c(C(=O)NCC(=O)O)c1O)[C@H](O[C@@H]1O[C@@H](C)[C@H](N)[C@H](O[C@H]4OC[C@@H](O)[C@@H](O)[C@H]4O)[C@H]1O)[C@@H]3O)C2=O. The third-order valence-electron chi connectivity index (χ3n) is 10.8. The van der Waals surface area contributed by atoms with E-state index >= 15 is 0 Å². The van der Waals surface area contributed by atoms with E-state index in [9.17, 15) is 65.1 Å². The molecule has 0 bridgehead atoms.